The molecule has 2 amide bonds. The number of nitrogens with one attached hydrogen (secondary N) is 2. The summed E-state index contributed by atoms with van der Waals surface area (Å²) in [6.45, 7) is 2.44. The van der Waals surface area contributed by atoms with E-state index in [9.17, 15) is 31.2 Å². The molecule has 2 aromatic carbocycles. The van der Waals surface area contributed by atoms with Crippen LogP contribution in [0.3, 0.4) is 0 Å². The maximum Gasteiger partial charge on any atom is 0.416 e. The summed E-state index contributed by atoms with van der Waals surface area (Å²) in [7, 11) is -3.61. The van der Waals surface area contributed by atoms with E-state index in [-0.39, 0.29) is 70.4 Å². The van der Waals surface area contributed by atoms with E-state index in [0.29, 0.717) is 19.5 Å². The van der Waals surface area contributed by atoms with Crippen LogP contribution in [0.1, 0.15) is 53.2 Å². The topological polar surface area (TPSA) is 122 Å². The predicted molar refractivity (Wildman–Crippen MR) is 142 cm³/mol. The van der Waals surface area contributed by atoms with Gasteiger partial charge in [-0.1, -0.05) is 24.6 Å². The molecular weight excluding hydrogens is 557 g/mol. The van der Waals surface area contributed by atoms with Crippen molar-refractivity contribution in [3.05, 3.63) is 63.7 Å². The molecule has 1 atom stereocenters. The highest BCUT2D eigenvalue weighted by Crippen LogP contribution is 2.34. The number of carbonyl (C=O) groups excluding carboxylic acids is 2. The van der Waals surface area contributed by atoms with Crippen LogP contribution >= 0.6 is 11.6 Å². The Morgan fingerprint density at radius 2 is 1.90 bits per heavy atom. The van der Waals surface area contributed by atoms with E-state index in [1.807, 2.05) is 4.90 Å². The molecule has 214 valence electrons. The summed E-state index contributed by atoms with van der Waals surface area (Å²) in [5.41, 5.74) is 4.52. The zero-order valence-electron chi connectivity index (χ0n) is 21.5. The van der Waals surface area contributed by atoms with Crippen molar-refractivity contribution in [2.75, 3.05) is 25.4 Å². The fourth-order valence-corrected chi connectivity index (χ4v) is 5.84. The first-order valence-electron chi connectivity index (χ1n) is 12.5. The Kier molecular flexibility index (Phi) is 10.4. The summed E-state index contributed by atoms with van der Waals surface area (Å²) in [4.78, 5) is 26.5. The Morgan fingerprint density at radius 3 is 2.56 bits per heavy atom. The van der Waals surface area contributed by atoms with Crippen LogP contribution in [0, 0.1) is 0 Å². The second-order valence-corrected chi connectivity index (χ2v) is 12.1. The third-order valence-electron chi connectivity index (χ3n) is 6.49. The summed E-state index contributed by atoms with van der Waals surface area (Å²) >= 11 is 6.00. The standard InChI is InChI=1S/C26H32ClF3N4O4S/c1-2-39(37,38)23-8-7-20(27)12-19(23)14-32-25(36)17-5-6-18(22(13-17)26(28,29)30)15-34-11-3-4-21(16-34)33-24(35)9-10-31/h5-8,12-13,21H,2-4,9-11,14-16,31H2,1H3,(H,32,36)(H,33,35)/t21-/m0/s1. The molecule has 0 radical (unpaired) electrons. The molecule has 4 N–H and O–H groups in total. The Morgan fingerprint density at radius 1 is 1.15 bits per heavy atom. The van der Waals surface area contributed by atoms with Crippen molar-refractivity contribution in [1.29, 1.82) is 0 Å². The van der Waals surface area contributed by atoms with Gasteiger partial charge in [-0.15, -0.1) is 0 Å². The van der Waals surface area contributed by atoms with Crippen LogP contribution in [0.25, 0.3) is 0 Å². The highest BCUT2D eigenvalue weighted by Gasteiger charge is 2.35. The lowest BCUT2D eigenvalue weighted by atomic mass is 10.00. The van der Waals surface area contributed by atoms with Crippen LogP contribution in [0.15, 0.2) is 41.3 Å². The monoisotopic (exact) mass is 588 g/mol. The molecule has 3 rings (SSSR count). The second kappa shape index (κ2) is 13.1. The van der Waals surface area contributed by atoms with E-state index >= 15 is 0 Å². The number of rotatable bonds is 10. The number of hydrogen-bond acceptors (Lipinski definition) is 6. The van der Waals surface area contributed by atoms with Crippen molar-refractivity contribution in [3.63, 3.8) is 0 Å². The molecule has 1 aliphatic rings. The predicted octanol–water partition coefficient (Wildman–Crippen LogP) is 3.51. The van der Waals surface area contributed by atoms with Gasteiger partial charge in [-0.25, -0.2) is 8.42 Å². The molecule has 0 spiro atoms. The molecule has 1 heterocycles. The van der Waals surface area contributed by atoms with Crippen molar-refractivity contribution in [2.24, 2.45) is 5.73 Å². The van der Waals surface area contributed by atoms with Gasteiger partial charge in [0.2, 0.25) is 5.91 Å². The van der Waals surface area contributed by atoms with Gasteiger partial charge in [0.25, 0.3) is 5.91 Å². The van der Waals surface area contributed by atoms with Crippen LogP contribution in [-0.2, 0) is 33.9 Å². The molecule has 1 aliphatic heterocycles. The maximum absolute atomic E-state index is 14.0. The lowest BCUT2D eigenvalue weighted by Crippen LogP contribution is -2.47. The molecule has 0 saturated carbocycles. The van der Waals surface area contributed by atoms with E-state index in [0.717, 1.165) is 12.5 Å². The number of benzene rings is 2. The first-order valence-corrected chi connectivity index (χ1v) is 14.6. The fourth-order valence-electron chi connectivity index (χ4n) is 4.53. The Bertz CT molecular complexity index is 1300. The summed E-state index contributed by atoms with van der Waals surface area (Å²) in [5.74, 6) is -1.13. The summed E-state index contributed by atoms with van der Waals surface area (Å²) in [5, 5.41) is 5.64. The Hall–Kier alpha value is -2.67. The number of likely N-dealkylation sites (tertiary alicyclic amines) is 1. The number of hydrogen-bond donors (Lipinski definition) is 3. The molecular formula is C26H32ClF3N4O4S. The lowest BCUT2D eigenvalue weighted by Gasteiger charge is -2.33. The SMILES string of the molecule is CCS(=O)(=O)c1ccc(Cl)cc1CNC(=O)c1ccc(CN2CCC[C@H](NC(=O)CCN)C2)c(C(F)(F)F)c1. The van der Waals surface area contributed by atoms with Crippen LogP contribution < -0.4 is 16.4 Å². The number of sulfone groups is 1. The summed E-state index contributed by atoms with van der Waals surface area (Å²) in [6.07, 6.45) is -3.07. The first kappa shape index (κ1) is 30.9. The molecule has 2 aromatic rings. The highest BCUT2D eigenvalue weighted by molar-refractivity contribution is 7.91. The van der Waals surface area contributed by atoms with Gasteiger partial charge in [0.1, 0.15) is 0 Å². The third kappa shape index (κ3) is 8.41. The summed E-state index contributed by atoms with van der Waals surface area (Å²) in [6, 6.07) is 7.38. The van der Waals surface area contributed by atoms with Gasteiger partial charge < -0.3 is 16.4 Å². The number of halogens is 4. The van der Waals surface area contributed by atoms with Gasteiger partial charge in [-0.05, 0) is 60.8 Å². The van der Waals surface area contributed by atoms with E-state index in [1.165, 1.54) is 37.3 Å². The quantitative estimate of drug-likeness (QED) is 0.391. The molecule has 1 fully saturated rings. The number of amides is 2. The van der Waals surface area contributed by atoms with Crippen LogP contribution in [0.4, 0.5) is 13.2 Å². The van der Waals surface area contributed by atoms with Crippen molar-refractivity contribution in [2.45, 2.75) is 56.4 Å². The third-order valence-corrected chi connectivity index (χ3v) is 8.55. The Balaban J connectivity index is 1.76. The number of alkyl halides is 3. The van der Waals surface area contributed by atoms with E-state index in [2.05, 4.69) is 10.6 Å². The molecule has 39 heavy (non-hydrogen) atoms. The van der Waals surface area contributed by atoms with Gasteiger partial charge in [-0.3, -0.25) is 14.5 Å². The lowest BCUT2D eigenvalue weighted by molar-refractivity contribution is -0.138. The Labute approximate surface area is 231 Å². The zero-order chi connectivity index (χ0) is 28.8. The average Bonchev–Trinajstić information content (AvgIpc) is 2.87. The minimum atomic E-state index is -4.70. The van der Waals surface area contributed by atoms with Gasteiger partial charge in [0, 0.05) is 49.2 Å². The van der Waals surface area contributed by atoms with Crippen LogP contribution in [0.2, 0.25) is 5.02 Å². The van der Waals surface area contributed by atoms with Crippen molar-refractivity contribution in [1.82, 2.24) is 15.5 Å². The largest absolute Gasteiger partial charge is 0.416 e. The number of nitrogens with zero attached hydrogens (tertiary/aromatic N) is 1. The van der Waals surface area contributed by atoms with Crippen LogP contribution in [0.5, 0.6) is 0 Å². The van der Waals surface area contributed by atoms with Gasteiger partial charge in [0.15, 0.2) is 9.84 Å². The van der Waals surface area contributed by atoms with Crippen LogP contribution in [-0.4, -0.2) is 56.6 Å². The highest BCUT2D eigenvalue weighted by atomic mass is 35.5. The molecule has 8 nitrogen and oxygen atoms in total. The average molecular weight is 589 g/mol. The van der Waals surface area contributed by atoms with Gasteiger partial charge in [0.05, 0.1) is 16.2 Å². The van der Waals surface area contributed by atoms with E-state index < -0.39 is 27.5 Å². The number of carbonyl (C=O) groups is 2. The zero-order valence-corrected chi connectivity index (χ0v) is 23.1. The molecule has 0 aliphatic carbocycles. The normalized spacial score (nSPS) is 16.6. The van der Waals surface area contributed by atoms with Gasteiger partial charge >= 0.3 is 6.18 Å². The maximum atomic E-state index is 14.0. The molecule has 0 aromatic heterocycles. The second-order valence-electron chi connectivity index (χ2n) is 9.39. The fraction of sp³-hybridized carbons (Fsp3) is 0.462. The summed E-state index contributed by atoms with van der Waals surface area (Å²) < 4.78 is 66.8. The van der Waals surface area contributed by atoms with Crippen molar-refractivity contribution in [3.8, 4) is 0 Å². The van der Waals surface area contributed by atoms with Gasteiger partial charge in [-0.2, -0.15) is 13.2 Å². The smallest absolute Gasteiger partial charge is 0.352 e. The molecule has 1 saturated heterocycles. The van der Waals surface area contributed by atoms with Crippen molar-refractivity contribution < 1.29 is 31.2 Å². The first-order chi connectivity index (χ1) is 18.3. The van der Waals surface area contributed by atoms with E-state index in [1.54, 1.807) is 0 Å². The number of piperidine rings is 1. The van der Waals surface area contributed by atoms with Crippen molar-refractivity contribution >= 4 is 33.3 Å². The molecule has 13 heteroatoms. The number of nitrogens with two attached hydrogens (primary N) is 1. The van der Waals surface area contributed by atoms with E-state index in [4.69, 9.17) is 17.3 Å². The molecule has 0 unspecified atom stereocenters. The molecule has 0 bridgehead atoms. The minimum Gasteiger partial charge on any atom is -0.352 e. The minimum absolute atomic E-state index is 0.0000754.